The quantitative estimate of drug-likeness (QED) is 0.853. The summed E-state index contributed by atoms with van der Waals surface area (Å²) < 4.78 is 5.44. The number of amides is 1. The molecule has 21 heavy (non-hydrogen) atoms. The summed E-state index contributed by atoms with van der Waals surface area (Å²) in [5.74, 6) is -0.234. The van der Waals surface area contributed by atoms with E-state index in [-0.39, 0.29) is 12.0 Å². The molecular formula is C17H22N2O2. The Morgan fingerprint density at radius 1 is 1.48 bits per heavy atom. The smallest absolute Gasteiger partial charge is 0.240 e. The number of rotatable bonds is 4. The topological polar surface area (TPSA) is 53.3 Å². The molecule has 1 saturated heterocycles. The molecule has 1 aliphatic rings. The van der Waals surface area contributed by atoms with Gasteiger partial charge in [0, 0.05) is 20.2 Å². The number of carbonyl (C=O) groups excluding carboxylic acids is 1. The monoisotopic (exact) mass is 286 g/mol. The molecule has 0 saturated carbocycles. The second-order valence-electron chi connectivity index (χ2n) is 5.70. The van der Waals surface area contributed by atoms with Gasteiger partial charge in [-0.15, -0.1) is 0 Å². The highest BCUT2D eigenvalue weighted by molar-refractivity contribution is 5.81. The average molecular weight is 286 g/mol. The average Bonchev–Trinajstić information content (AvgIpc) is 2.53. The van der Waals surface area contributed by atoms with Gasteiger partial charge in [-0.05, 0) is 24.3 Å². The fraction of sp³-hybridized carbons (Fsp3) is 0.529. The zero-order valence-electron chi connectivity index (χ0n) is 12.7. The maximum atomic E-state index is 12.5. The van der Waals surface area contributed by atoms with Crippen molar-refractivity contribution in [3.63, 3.8) is 0 Å². The van der Waals surface area contributed by atoms with Gasteiger partial charge in [-0.1, -0.05) is 37.3 Å². The van der Waals surface area contributed by atoms with Crippen LogP contribution in [0.5, 0.6) is 0 Å². The van der Waals surface area contributed by atoms with E-state index in [4.69, 9.17) is 4.74 Å². The Bertz CT molecular complexity index is 509. The molecule has 0 N–H and O–H groups in total. The van der Waals surface area contributed by atoms with E-state index in [1.165, 1.54) is 0 Å². The summed E-state index contributed by atoms with van der Waals surface area (Å²) in [6.45, 7) is 3.44. The lowest BCUT2D eigenvalue weighted by Gasteiger charge is -2.37. The summed E-state index contributed by atoms with van der Waals surface area (Å²) in [4.78, 5) is 14.3. The normalized spacial score (nSPS) is 23.4. The van der Waals surface area contributed by atoms with Crippen molar-refractivity contribution in [2.75, 3.05) is 20.2 Å². The lowest BCUT2D eigenvalue weighted by Crippen LogP contribution is -2.48. The Kier molecular flexibility index (Phi) is 5.35. The number of likely N-dealkylation sites (tertiary alicyclic amines) is 1. The van der Waals surface area contributed by atoms with Crippen LogP contribution in [0, 0.1) is 23.2 Å². The van der Waals surface area contributed by atoms with Crippen molar-refractivity contribution < 1.29 is 9.53 Å². The highest BCUT2D eigenvalue weighted by Crippen LogP contribution is 2.21. The SMILES string of the molecule is COC1CN(C(=O)C(C#N)Cc2ccccc2)CCC1C. The number of hydrogen-bond acceptors (Lipinski definition) is 3. The van der Waals surface area contributed by atoms with E-state index in [0.717, 1.165) is 12.0 Å². The molecule has 4 nitrogen and oxygen atoms in total. The number of carbonyl (C=O) groups is 1. The fourth-order valence-electron chi connectivity index (χ4n) is 2.80. The van der Waals surface area contributed by atoms with Crippen molar-refractivity contribution in [1.82, 2.24) is 4.90 Å². The largest absolute Gasteiger partial charge is 0.379 e. The number of benzene rings is 1. The predicted octanol–water partition coefficient (Wildman–Crippen LogP) is 2.25. The van der Waals surface area contributed by atoms with E-state index in [1.54, 1.807) is 12.0 Å². The first-order valence-corrected chi connectivity index (χ1v) is 7.40. The predicted molar refractivity (Wildman–Crippen MR) is 80.4 cm³/mol. The van der Waals surface area contributed by atoms with Crippen LogP contribution in [-0.4, -0.2) is 37.1 Å². The van der Waals surface area contributed by atoms with E-state index in [9.17, 15) is 10.1 Å². The van der Waals surface area contributed by atoms with Crippen LogP contribution in [-0.2, 0) is 16.0 Å². The van der Waals surface area contributed by atoms with Crippen LogP contribution in [0.25, 0.3) is 0 Å². The Balaban J connectivity index is 2.02. The third-order valence-corrected chi connectivity index (χ3v) is 4.24. The van der Waals surface area contributed by atoms with Crippen molar-refractivity contribution in [3.05, 3.63) is 35.9 Å². The number of nitrogens with zero attached hydrogens (tertiary/aromatic N) is 2. The molecule has 1 heterocycles. The first kappa shape index (κ1) is 15.5. The van der Waals surface area contributed by atoms with Crippen LogP contribution < -0.4 is 0 Å². The van der Waals surface area contributed by atoms with Crippen LogP contribution in [0.15, 0.2) is 30.3 Å². The van der Waals surface area contributed by atoms with Crippen LogP contribution in [0.1, 0.15) is 18.9 Å². The maximum Gasteiger partial charge on any atom is 0.240 e. The minimum atomic E-state index is -0.613. The summed E-state index contributed by atoms with van der Waals surface area (Å²) in [6.07, 6.45) is 1.46. The summed E-state index contributed by atoms with van der Waals surface area (Å²) >= 11 is 0. The summed E-state index contributed by atoms with van der Waals surface area (Å²) in [6, 6.07) is 11.9. The molecule has 1 aromatic rings. The molecule has 0 radical (unpaired) electrons. The van der Waals surface area contributed by atoms with Gasteiger partial charge in [0.25, 0.3) is 0 Å². The van der Waals surface area contributed by atoms with E-state index in [2.05, 4.69) is 13.0 Å². The van der Waals surface area contributed by atoms with Crippen molar-refractivity contribution in [1.29, 1.82) is 5.26 Å². The minimum absolute atomic E-state index is 0.0683. The second kappa shape index (κ2) is 7.24. The molecule has 1 amide bonds. The Morgan fingerprint density at radius 3 is 2.81 bits per heavy atom. The first-order chi connectivity index (χ1) is 10.2. The molecular weight excluding hydrogens is 264 g/mol. The van der Waals surface area contributed by atoms with E-state index in [0.29, 0.717) is 25.4 Å². The number of nitriles is 1. The number of hydrogen-bond donors (Lipinski definition) is 0. The zero-order valence-corrected chi connectivity index (χ0v) is 12.7. The van der Waals surface area contributed by atoms with Gasteiger partial charge in [-0.3, -0.25) is 4.79 Å². The van der Waals surface area contributed by atoms with Gasteiger partial charge >= 0.3 is 0 Å². The molecule has 0 bridgehead atoms. The Hall–Kier alpha value is -1.86. The van der Waals surface area contributed by atoms with Gasteiger partial charge in [0.2, 0.25) is 5.91 Å². The Labute approximate surface area is 126 Å². The molecule has 0 aromatic heterocycles. The lowest BCUT2D eigenvalue weighted by molar-refractivity contribution is -0.138. The first-order valence-electron chi connectivity index (χ1n) is 7.40. The van der Waals surface area contributed by atoms with E-state index in [1.807, 2.05) is 30.3 Å². The molecule has 0 spiro atoms. The van der Waals surface area contributed by atoms with Gasteiger partial charge in [-0.25, -0.2) is 0 Å². The van der Waals surface area contributed by atoms with Crippen LogP contribution >= 0.6 is 0 Å². The van der Waals surface area contributed by atoms with Gasteiger partial charge in [-0.2, -0.15) is 5.26 Å². The molecule has 1 aliphatic heterocycles. The van der Waals surface area contributed by atoms with E-state index < -0.39 is 5.92 Å². The van der Waals surface area contributed by atoms with Crippen LogP contribution in [0.2, 0.25) is 0 Å². The zero-order chi connectivity index (χ0) is 15.2. The van der Waals surface area contributed by atoms with Crippen molar-refractivity contribution in [2.24, 2.45) is 11.8 Å². The number of piperidine rings is 1. The maximum absolute atomic E-state index is 12.5. The second-order valence-corrected chi connectivity index (χ2v) is 5.70. The van der Waals surface area contributed by atoms with E-state index >= 15 is 0 Å². The summed E-state index contributed by atoms with van der Waals surface area (Å²) in [5.41, 5.74) is 1.02. The van der Waals surface area contributed by atoms with Gasteiger partial charge in [0.1, 0.15) is 5.92 Å². The summed E-state index contributed by atoms with van der Waals surface area (Å²) in [7, 11) is 1.68. The third kappa shape index (κ3) is 3.83. The molecule has 2 rings (SSSR count). The van der Waals surface area contributed by atoms with Gasteiger partial charge < -0.3 is 9.64 Å². The number of ether oxygens (including phenoxy) is 1. The van der Waals surface area contributed by atoms with Crippen molar-refractivity contribution in [2.45, 2.75) is 25.9 Å². The van der Waals surface area contributed by atoms with Crippen LogP contribution in [0.3, 0.4) is 0 Å². The molecule has 3 atom stereocenters. The Morgan fingerprint density at radius 2 is 2.19 bits per heavy atom. The fourth-order valence-corrected chi connectivity index (χ4v) is 2.80. The van der Waals surface area contributed by atoms with Crippen molar-refractivity contribution >= 4 is 5.91 Å². The molecule has 112 valence electrons. The van der Waals surface area contributed by atoms with Gasteiger partial charge in [0.15, 0.2) is 0 Å². The molecule has 1 aromatic carbocycles. The highest BCUT2D eigenvalue weighted by Gasteiger charge is 2.32. The molecule has 4 heteroatoms. The lowest BCUT2D eigenvalue weighted by atomic mass is 9.93. The van der Waals surface area contributed by atoms with Crippen molar-refractivity contribution in [3.8, 4) is 6.07 Å². The highest BCUT2D eigenvalue weighted by atomic mass is 16.5. The van der Waals surface area contributed by atoms with Gasteiger partial charge in [0.05, 0.1) is 12.2 Å². The third-order valence-electron chi connectivity index (χ3n) is 4.24. The standard InChI is InChI=1S/C17H22N2O2/c1-13-8-9-19(12-16(13)21-2)17(20)15(11-18)10-14-6-4-3-5-7-14/h3-7,13,15-16H,8-10,12H2,1-2H3. The molecule has 1 fully saturated rings. The number of methoxy groups -OCH3 is 1. The van der Waals surface area contributed by atoms with Crippen LogP contribution in [0.4, 0.5) is 0 Å². The summed E-state index contributed by atoms with van der Waals surface area (Å²) in [5, 5.41) is 9.33. The minimum Gasteiger partial charge on any atom is -0.379 e. The molecule has 3 unspecified atom stereocenters. The molecule has 0 aliphatic carbocycles.